The van der Waals surface area contributed by atoms with Gasteiger partial charge in [0.1, 0.15) is 0 Å². The summed E-state index contributed by atoms with van der Waals surface area (Å²) in [5.41, 5.74) is 1.01. The lowest BCUT2D eigenvalue weighted by atomic mass is 10.0. The minimum absolute atomic E-state index is 0.243. The van der Waals surface area contributed by atoms with Gasteiger partial charge in [-0.3, -0.25) is 0 Å². The minimum atomic E-state index is 0.243. The highest BCUT2D eigenvalue weighted by atomic mass is 14.3. The maximum Gasteiger partial charge on any atom is 0.0212 e. The first kappa shape index (κ1) is 8.97. The summed E-state index contributed by atoms with van der Waals surface area (Å²) in [6.07, 6.45) is 9.27. The molecule has 0 rings (SSSR count). The molecule has 0 aliphatic carbocycles. The van der Waals surface area contributed by atoms with Crippen molar-refractivity contribution in [3.8, 4) is 12.3 Å². The Balaban J connectivity index is 3.90. The van der Waals surface area contributed by atoms with E-state index in [9.17, 15) is 0 Å². The Bertz CT molecular complexity index is 172. The Morgan fingerprint density at radius 1 is 1.80 bits per heavy atom. The maximum absolute atomic E-state index is 6.97. The zero-order valence-electron chi connectivity index (χ0n) is 6.52. The van der Waals surface area contributed by atoms with Crippen LogP contribution in [0, 0.1) is 23.7 Å². The van der Waals surface area contributed by atoms with Gasteiger partial charge in [-0.2, -0.15) is 0 Å². The first-order valence-corrected chi connectivity index (χ1v) is 3.36. The molecule has 0 fully saturated rings. The molecular weight excluding hydrogens is 122 g/mol. The molecule has 0 saturated heterocycles. The fourth-order valence-electron chi connectivity index (χ4n) is 0.673. The van der Waals surface area contributed by atoms with Gasteiger partial charge in [-0.1, -0.05) is 13.0 Å². The third-order valence-electron chi connectivity index (χ3n) is 1.38. The van der Waals surface area contributed by atoms with Crippen LogP contribution in [-0.2, 0) is 0 Å². The van der Waals surface area contributed by atoms with Crippen LogP contribution in [0.5, 0.6) is 0 Å². The lowest BCUT2D eigenvalue weighted by molar-refractivity contribution is 0.760. The second-order valence-corrected chi connectivity index (χ2v) is 2.28. The second-order valence-electron chi connectivity index (χ2n) is 2.28. The van der Waals surface area contributed by atoms with Crippen LogP contribution in [0.25, 0.3) is 0 Å². The van der Waals surface area contributed by atoms with Crippen molar-refractivity contribution in [1.29, 1.82) is 5.41 Å². The van der Waals surface area contributed by atoms with E-state index in [0.29, 0.717) is 0 Å². The molecule has 0 radical (unpaired) electrons. The molecule has 0 heterocycles. The number of hydrogen-bond donors (Lipinski definition) is 1. The minimum Gasteiger partial charge on any atom is -0.308 e. The zero-order chi connectivity index (χ0) is 7.98. The van der Waals surface area contributed by atoms with Crippen molar-refractivity contribution in [2.24, 2.45) is 5.92 Å². The van der Waals surface area contributed by atoms with E-state index in [2.05, 4.69) is 5.92 Å². The molecule has 1 N–H and O–H groups in total. The predicted octanol–water partition coefficient (Wildman–Crippen LogP) is 2.24. The Morgan fingerprint density at radius 2 is 2.40 bits per heavy atom. The highest BCUT2D eigenvalue weighted by Gasteiger charge is 1.97. The largest absolute Gasteiger partial charge is 0.308 e. The van der Waals surface area contributed by atoms with Crippen LogP contribution in [0.4, 0.5) is 0 Å². The molecule has 0 aromatic heterocycles. The molecular formula is C9H13N. The lowest BCUT2D eigenvalue weighted by Gasteiger charge is -2.01. The van der Waals surface area contributed by atoms with Crippen molar-refractivity contribution >= 4 is 6.21 Å². The van der Waals surface area contributed by atoms with Gasteiger partial charge in [-0.15, -0.1) is 12.3 Å². The summed E-state index contributed by atoms with van der Waals surface area (Å²) in [4.78, 5) is 0. The molecule has 0 aromatic carbocycles. The molecule has 1 nitrogen and oxygen atoms in total. The van der Waals surface area contributed by atoms with E-state index in [-0.39, 0.29) is 5.92 Å². The maximum atomic E-state index is 6.97. The third kappa shape index (κ3) is 3.09. The van der Waals surface area contributed by atoms with E-state index in [1.54, 1.807) is 0 Å². The average Bonchev–Trinajstić information content (AvgIpc) is 1.99. The predicted molar refractivity (Wildman–Crippen MR) is 45.2 cm³/mol. The van der Waals surface area contributed by atoms with Crippen LogP contribution in [-0.4, -0.2) is 6.21 Å². The summed E-state index contributed by atoms with van der Waals surface area (Å²) < 4.78 is 0. The van der Waals surface area contributed by atoms with E-state index in [1.165, 1.54) is 6.21 Å². The Labute approximate surface area is 62.7 Å². The standard InChI is InChI=1S/C9H13N/c1-4-8(3)6-9(5-2)7-10/h1,5,7-8,10H,6H2,2-3H3/b9-5+,10-7?. The van der Waals surface area contributed by atoms with Gasteiger partial charge in [-0.05, 0) is 18.9 Å². The number of rotatable bonds is 3. The van der Waals surface area contributed by atoms with E-state index in [0.717, 1.165) is 12.0 Å². The topological polar surface area (TPSA) is 23.9 Å². The van der Waals surface area contributed by atoms with Gasteiger partial charge in [0, 0.05) is 12.1 Å². The van der Waals surface area contributed by atoms with Gasteiger partial charge in [0.2, 0.25) is 0 Å². The molecule has 54 valence electrons. The first-order chi connectivity index (χ1) is 4.74. The quantitative estimate of drug-likeness (QED) is 0.453. The fraction of sp³-hybridized carbons (Fsp3) is 0.444. The van der Waals surface area contributed by atoms with Gasteiger partial charge in [0.15, 0.2) is 0 Å². The van der Waals surface area contributed by atoms with Crippen molar-refractivity contribution < 1.29 is 0 Å². The second kappa shape index (κ2) is 4.81. The third-order valence-corrected chi connectivity index (χ3v) is 1.38. The molecule has 0 bridgehead atoms. The van der Waals surface area contributed by atoms with Gasteiger partial charge in [0.25, 0.3) is 0 Å². The zero-order valence-corrected chi connectivity index (χ0v) is 6.52. The molecule has 10 heavy (non-hydrogen) atoms. The van der Waals surface area contributed by atoms with Crippen molar-refractivity contribution in [2.45, 2.75) is 20.3 Å². The van der Waals surface area contributed by atoms with E-state index >= 15 is 0 Å². The van der Waals surface area contributed by atoms with E-state index in [4.69, 9.17) is 11.8 Å². The normalized spacial score (nSPS) is 13.9. The van der Waals surface area contributed by atoms with Gasteiger partial charge >= 0.3 is 0 Å². The van der Waals surface area contributed by atoms with Crippen LogP contribution in [0.1, 0.15) is 20.3 Å². The summed E-state index contributed by atoms with van der Waals surface area (Å²) >= 11 is 0. The number of hydrogen-bond acceptors (Lipinski definition) is 1. The Hall–Kier alpha value is -1.03. The van der Waals surface area contributed by atoms with Crippen molar-refractivity contribution in [3.05, 3.63) is 11.6 Å². The molecule has 1 heteroatoms. The molecule has 0 aliphatic heterocycles. The molecule has 0 aromatic rings. The smallest absolute Gasteiger partial charge is 0.0212 e. The first-order valence-electron chi connectivity index (χ1n) is 3.36. The summed E-state index contributed by atoms with van der Waals surface area (Å²) in [6, 6.07) is 0. The fourth-order valence-corrected chi connectivity index (χ4v) is 0.673. The summed E-state index contributed by atoms with van der Waals surface area (Å²) in [6.45, 7) is 3.90. The Morgan fingerprint density at radius 3 is 2.70 bits per heavy atom. The van der Waals surface area contributed by atoms with Gasteiger partial charge in [0.05, 0.1) is 0 Å². The van der Waals surface area contributed by atoms with Crippen LogP contribution < -0.4 is 0 Å². The summed E-state index contributed by atoms with van der Waals surface area (Å²) in [5, 5.41) is 6.97. The Kier molecular flexibility index (Phi) is 4.32. The van der Waals surface area contributed by atoms with Gasteiger partial charge in [-0.25, -0.2) is 0 Å². The number of nitrogens with one attached hydrogen (secondary N) is 1. The molecule has 1 unspecified atom stereocenters. The molecule has 0 aliphatic rings. The summed E-state index contributed by atoms with van der Waals surface area (Å²) in [5.74, 6) is 2.86. The summed E-state index contributed by atoms with van der Waals surface area (Å²) in [7, 11) is 0. The van der Waals surface area contributed by atoms with Crippen LogP contribution >= 0.6 is 0 Å². The number of allylic oxidation sites excluding steroid dienone is 2. The highest BCUT2D eigenvalue weighted by molar-refractivity contribution is 5.75. The van der Waals surface area contributed by atoms with E-state index < -0.39 is 0 Å². The van der Waals surface area contributed by atoms with Crippen LogP contribution in [0.2, 0.25) is 0 Å². The highest BCUT2D eigenvalue weighted by Crippen LogP contribution is 2.07. The van der Waals surface area contributed by atoms with Gasteiger partial charge < -0.3 is 5.41 Å². The SMILES string of the molecule is C#CC(C)C/C(C=N)=C\C. The monoisotopic (exact) mass is 135 g/mol. The number of terminal acetylenes is 1. The van der Waals surface area contributed by atoms with Crippen molar-refractivity contribution in [2.75, 3.05) is 0 Å². The van der Waals surface area contributed by atoms with Crippen molar-refractivity contribution in [1.82, 2.24) is 0 Å². The molecule has 0 amide bonds. The van der Waals surface area contributed by atoms with Crippen molar-refractivity contribution in [3.63, 3.8) is 0 Å². The molecule has 0 spiro atoms. The van der Waals surface area contributed by atoms with Crippen LogP contribution in [0.15, 0.2) is 11.6 Å². The average molecular weight is 135 g/mol. The lowest BCUT2D eigenvalue weighted by Crippen LogP contribution is -1.93. The molecule has 1 atom stereocenters. The van der Waals surface area contributed by atoms with Crippen LogP contribution in [0.3, 0.4) is 0 Å². The molecule has 0 saturated carbocycles. The van der Waals surface area contributed by atoms with E-state index in [1.807, 2.05) is 19.9 Å².